The Bertz CT molecular complexity index is 838. The van der Waals surface area contributed by atoms with Crippen LogP contribution in [0.3, 0.4) is 0 Å². The van der Waals surface area contributed by atoms with Gasteiger partial charge in [0, 0.05) is 23.8 Å². The van der Waals surface area contributed by atoms with Gasteiger partial charge in [0.1, 0.15) is 0 Å². The van der Waals surface area contributed by atoms with E-state index in [-0.39, 0.29) is 11.5 Å². The smallest absolute Gasteiger partial charge is 0.388 e. The number of piperidine rings is 1. The number of hydrogen-bond donors (Lipinski definition) is 1. The number of aliphatic hydroxyl groups excluding tert-OH is 1. The van der Waals surface area contributed by atoms with Crippen molar-refractivity contribution < 1.29 is 18.3 Å². The maximum atomic E-state index is 13.2. The van der Waals surface area contributed by atoms with E-state index in [4.69, 9.17) is 16.9 Å². The van der Waals surface area contributed by atoms with Crippen LogP contribution in [-0.4, -0.2) is 18.2 Å². The van der Waals surface area contributed by atoms with Crippen molar-refractivity contribution in [3.63, 3.8) is 0 Å². The van der Waals surface area contributed by atoms with Crippen molar-refractivity contribution in [1.29, 1.82) is 5.26 Å². The standard InChI is InChI=1S/C20H18ClF3N2O/c21-16-4-1-13(2-5-16)19(27)14-7-9-26(10-8-14)17-6-3-15(12-25)18(11-17)20(22,23)24/h1-6,11,14,19,27H,7-10H2. The van der Waals surface area contributed by atoms with Gasteiger partial charge in [0.15, 0.2) is 0 Å². The van der Waals surface area contributed by atoms with Gasteiger partial charge in [-0.2, -0.15) is 18.4 Å². The maximum absolute atomic E-state index is 13.2. The van der Waals surface area contributed by atoms with Gasteiger partial charge in [0.25, 0.3) is 0 Å². The van der Waals surface area contributed by atoms with Crippen molar-refractivity contribution in [2.24, 2.45) is 5.92 Å². The second-order valence-corrected chi connectivity index (χ2v) is 7.10. The molecule has 1 aliphatic rings. The van der Waals surface area contributed by atoms with E-state index in [0.717, 1.165) is 11.6 Å². The molecule has 0 bridgehead atoms. The minimum absolute atomic E-state index is 0.0305. The highest BCUT2D eigenvalue weighted by molar-refractivity contribution is 6.30. The number of halogens is 4. The van der Waals surface area contributed by atoms with Gasteiger partial charge >= 0.3 is 6.18 Å². The molecule has 1 heterocycles. The first-order valence-corrected chi connectivity index (χ1v) is 8.97. The van der Waals surface area contributed by atoms with Crippen LogP contribution in [0, 0.1) is 17.2 Å². The van der Waals surface area contributed by atoms with E-state index in [0.29, 0.717) is 36.6 Å². The summed E-state index contributed by atoms with van der Waals surface area (Å²) in [6.07, 6.45) is -3.88. The molecular weight excluding hydrogens is 377 g/mol. The van der Waals surface area contributed by atoms with Crippen molar-refractivity contribution in [3.05, 3.63) is 64.2 Å². The quantitative estimate of drug-likeness (QED) is 0.780. The largest absolute Gasteiger partial charge is 0.417 e. The molecule has 1 aliphatic heterocycles. The third-order valence-electron chi connectivity index (χ3n) is 4.99. The third kappa shape index (κ3) is 4.37. The number of alkyl halides is 3. The Morgan fingerprint density at radius 2 is 1.74 bits per heavy atom. The van der Waals surface area contributed by atoms with Gasteiger partial charge in [-0.05, 0) is 54.7 Å². The SMILES string of the molecule is N#Cc1ccc(N2CCC(C(O)c3ccc(Cl)cc3)CC2)cc1C(F)(F)F. The topological polar surface area (TPSA) is 47.3 Å². The molecule has 3 nitrogen and oxygen atoms in total. The van der Waals surface area contributed by atoms with Crippen LogP contribution < -0.4 is 4.90 Å². The van der Waals surface area contributed by atoms with Crippen molar-refractivity contribution in [2.45, 2.75) is 25.1 Å². The Morgan fingerprint density at radius 3 is 2.30 bits per heavy atom. The summed E-state index contributed by atoms with van der Waals surface area (Å²) in [4.78, 5) is 1.86. The molecule has 7 heteroatoms. The maximum Gasteiger partial charge on any atom is 0.417 e. The number of rotatable bonds is 3. The molecule has 2 aromatic carbocycles. The van der Waals surface area contributed by atoms with Gasteiger partial charge in [-0.3, -0.25) is 0 Å². The fourth-order valence-electron chi connectivity index (χ4n) is 3.47. The predicted molar refractivity (Wildman–Crippen MR) is 97.5 cm³/mol. The second-order valence-electron chi connectivity index (χ2n) is 6.66. The third-order valence-corrected chi connectivity index (χ3v) is 5.24. The zero-order chi connectivity index (χ0) is 19.6. The molecule has 1 saturated heterocycles. The molecule has 0 aliphatic carbocycles. The summed E-state index contributed by atoms with van der Waals surface area (Å²) in [6, 6.07) is 12.4. The molecule has 1 unspecified atom stereocenters. The summed E-state index contributed by atoms with van der Waals surface area (Å²) in [5.41, 5.74) is -0.0542. The van der Waals surface area contributed by atoms with E-state index in [9.17, 15) is 18.3 Å². The van der Waals surface area contributed by atoms with Gasteiger partial charge in [0.05, 0.1) is 23.3 Å². The van der Waals surface area contributed by atoms with E-state index >= 15 is 0 Å². The molecule has 0 spiro atoms. The number of aliphatic hydroxyl groups is 1. The molecule has 0 aromatic heterocycles. The van der Waals surface area contributed by atoms with Gasteiger partial charge in [-0.1, -0.05) is 23.7 Å². The molecule has 142 valence electrons. The highest BCUT2D eigenvalue weighted by Crippen LogP contribution is 2.37. The lowest BCUT2D eigenvalue weighted by molar-refractivity contribution is -0.137. The van der Waals surface area contributed by atoms with E-state index in [1.165, 1.54) is 6.07 Å². The summed E-state index contributed by atoms with van der Waals surface area (Å²) in [5, 5.41) is 20.1. The zero-order valence-corrected chi connectivity index (χ0v) is 15.1. The first-order valence-electron chi connectivity index (χ1n) is 8.59. The lowest BCUT2D eigenvalue weighted by atomic mass is 9.87. The zero-order valence-electron chi connectivity index (χ0n) is 14.4. The van der Waals surface area contributed by atoms with Crippen LogP contribution in [0.1, 0.15) is 35.6 Å². The first-order chi connectivity index (χ1) is 12.8. The number of hydrogen-bond acceptors (Lipinski definition) is 3. The normalized spacial score (nSPS) is 16.8. The Labute approximate surface area is 160 Å². The van der Waals surface area contributed by atoms with Crippen LogP contribution in [0.5, 0.6) is 0 Å². The molecule has 1 fully saturated rings. The first kappa shape index (κ1) is 19.5. The Kier molecular flexibility index (Phi) is 5.64. The molecule has 0 saturated carbocycles. The average Bonchev–Trinajstić information content (AvgIpc) is 2.67. The summed E-state index contributed by atoms with van der Waals surface area (Å²) in [7, 11) is 0. The molecule has 2 aromatic rings. The fourth-order valence-corrected chi connectivity index (χ4v) is 3.59. The number of nitrogens with zero attached hydrogens (tertiary/aromatic N) is 2. The predicted octanol–water partition coefficient (Wildman–Crippen LogP) is 5.18. The summed E-state index contributed by atoms with van der Waals surface area (Å²) in [6.45, 7) is 1.08. The molecule has 27 heavy (non-hydrogen) atoms. The van der Waals surface area contributed by atoms with Crippen molar-refractivity contribution in [2.75, 3.05) is 18.0 Å². The van der Waals surface area contributed by atoms with Crippen LogP contribution in [0.4, 0.5) is 18.9 Å². The van der Waals surface area contributed by atoms with Gasteiger partial charge in [-0.15, -0.1) is 0 Å². The van der Waals surface area contributed by atoms with E-state index in [2.05, 4.69) is 0 Å². The van der Waals surface area contributed by atoms with E-state index in [1.54, 1.807) is 36.4 Å². The Morgan fingerprint density at radius 1 is 1.11 bits per heavy atom. The highest BCUT2D eigenvalue weighted by atomic mass is 35.5. The average molecular weight is 395 g/mol. The lowest BCUT2D eigenvalue weighted by Crippen LogP contribution is -2.35. The van der Waals surface area contributed by atoms with Crippen molar-refractivity contribution in [3.8, 4) is 6.07 Å². The number of benzene rings is 2. The summed E-state index contributed by atoms with van der Waals surface area (Å²) >= 11 is 5.87. The molecular formula is C20H18ClF3N2O. The van der Waals surface area contributed by atoms with E-state index < -0.39 is 17.8 Å². The molecule has 0 radical (unpaired) electrons. The molecule has 0 amide bonds. The fraction of sp³-hybridized carbons (Fsp3) is 0.350. The van der Waals surface area contributed by atoms with Crippen LogP contribution in [-0.2, 0) is 6.18 Å². The molecule has 3 rings (SSSR count). The van der Waals surface area contributed by atoms with Gasteiger partial charge < -0.3 is 10.0 Å². The van der Waals surface area contributed by atoms with Crippen LogP contribution in [0.2, 0.25) is 5.02 Å². The van der Waals surface area contributed by atoms with Crippen molar-refractivity contribution >= 4 is 17.3 Å². The number of anilines is 1. The monoisotopic (exact) mass is 394 g/mol. The number of nitriles is 1. The molecule has 1 atom stereocenters. The Hall–Kier alpha value is -2.23. The summed E-state index contributed by atoms with van der Waals surface area (Å²) < 4.78 is 39.5. The Balaban J connectivity index is 1.70. The minimum atomic E-state index is -4.57. The highest BCUT2D eigenvalue weighted by Gasteiger charge is 2.35. The molecule has 1 N–H and O–H groups in total. The van der Waals surface area contributed by atoms with Crippen molar-refractivity contribution in [1.82, 2.24) is 0 Å². The van der Waals surface area contributed by atoms with Gasteiger partial charge in [0.2, 0.25) is 0 Å². The summed E-state index contributed by atoms with van der Waals surface area (Å²) in [5.74, 6) is 0.0305. The van der Waals surface area contributed by atoms with Gasteiger partial charge in [-0.25, -0.2) is 0 Å². The van der Waals surface area contributed by atoms with Crippen LogP contribution >= 0.6 is 11.6 Å². The van der Waals surface area contributed by atoms with Crippen LogP contribution in [0.25, 0.3) is 0 Å². The van der Waals surface area contributed by atoms with Crippen LogP contribution in [0.15, 0.2) is 42.5 Å². The minimum Gasteiger partial charge on any atom is -0.388 e. The van der Waals surface area contributed by atoms with E-state index in [1.807, 2.05) is 4.90 Å². The second kappa shape index (κ2) is 7.79. The lowest BCUT2D eigenvalue weighted by Gasteiger charge is -2.36.